The van der Waals surface area contributed by atoms with E-state index in [1.807, 2.05) is 30.3 Å². The number of hydrogen-bond acceptors (Lipinski definition) is 3. The maximum absolute atomic E-state index is 13.7. The van der Waals surface area contributed by atoms with Crippen LogP contribution in [-0.2, 0) is 0 Å². The van der Waals surface area contributed by atoms with Gasteiger partial charge in [-0.2, -0.15) is 0 Å². The van der Waals surface area contributed by atoms with Crippen LogP contribution in [0.15, 0.2) is 59.0 Å². The number of fused-ring (bicyclic) bond motifs is 1. The lowest BCUT2D eigenvalue weighted by Gasteiger charge is -2.22. The van der Waals surface area contributed by atoms with Crippen LogP contribution in [0.1, 0.15) is 11.9 Å². The lowest BCUT2D eigenvalue weighted by molar-refractivity contribution is 0.159. The predicted molar refractivity (Wildman–Crippen MR) is 80.8 cm³/mol. The first-order valence-electron chi connectivity index (χ1n) is 6.77. The van der Waals surface area contributed by atoms with E-state index in [1.165, 1.54) is 6.07 Å². The van der Waals surface area contributed by atoms with Crippen molar-refractivity contribution in [2.45, 2.75) is 6.10 Å². The van der Waals surface area contributed by atoms with Gasteiger partial charge in [0.15, 0.2) is 0 Å². The Hall–Kier alpha value is -2.33. The van der Waals surface area contributed by atoms with Crippen molar-refractivity contribution in [2.24, 2.45) is 0 Å². The molecule has 1 N–H and O–H groups in total. The summed E-state index contributed by atoms with van der Waals surface area (Å²) in [7, 11) is 1.74. The number of halogens is 1. The molecule has 0 saturated heterocycles. The highest BCUT2D eigenvalue weighted by Gasteiger charge is 2.17. The molecule has 0 amide bonds. The van der Waals surface area contributed by atoms with E-state index in [9.17, 15) is 9.50 Å². The quantitative estimate of drug-likeness (QED) is 0.793. The van der Waals surface area contributed by atoms with Crippen molar-refractivity contribution < 1.29 is 13.9 Å². The number of hydrogen-bond donors (Lipinski definition) is 1. The molecule has 3 aromatic rings. The lowest BCUT2D eigenvalue weighted by Crippen LogP contribution is -2.24. The molecule has 0 saturated carbocycles. The van der Waals surface area contributed by atoms with Gasteiger partial charge in [0.2, 0.25) is 0 Å². The van der Waals surface area contributed by atoms with Gasteiger partial charge in [-0.25, -0.2) is 4.39 Å². The van der Waals surface area contributed by atoms with E-state index in [0.717, 1.165) is 11.0 Å². The number of aliphatic hydroxyl groups is 1. The Morgan fingerprint density at radius 2 is 1.86 bits per heavy atom. The maximum Gasteiger partial charge on any atom is 0.146 e. The fourth-order valence-electron chi connectivity index (χ4n) is 2.38. The predicted octanol–water partition coefficient (Wildman–Crippen LogP) is 3.74. The smallest absolute Gasteiger partial charge is 0.146 e. The van der Waals surface area contributed by atoms with E-state index in [1.54, 1.807) is 30.1 Å². The summed E-state index contributed by atoms with van der Waals surface area (Å²) in [5.74, 6) is 0.177. The van der Waals surface area contributed by atoms with Crippen molar-refractivity contribution in [1.82, 2.24) is 0 Å². The van der Waals surface area contributed by atoms with Gasteiger partial charge in [0.1, 0.15) is 23.3 Å². The minimum atomic E-state index is -0.818. The molecule has 1 unspecified atom stereocenters. The summed E-state index contributed by atoms with van der Waals surface area (Å²) in [6.07, 6.45) is -0.818. The van der Waals surface area contributed by atoms with Gasteiger partial charge in [-0.05, 0) is 24.3 Å². The second-order valence-corrected chi connectivity index (χ2v) is 5.03. The van der Waals surface area contributed by atoms with E-state index in [0.29, 0.717) is 11.4 Å². The number of rotatable bonds is 4. The third-order valence-electron chi connectivity index (χ3n) is 3.48. The van der Waals surface area contributed by atoms with Gasteiger partial charge in [-0.3, -0.25) is 0 Å². The van der Waals surface area contributed by atoms with Crippen LogP contribution in [0.2, 0.25) is 0 Å². The lowest BCUT2D eigenvalue weighted by atomic mass is 10.2. The Balaban J connectivity index is 1.79. The highest BCUT2D eigenvalue weighted by atomic mass is 19.1. The molecule has 4 heteroatoms. The fraction of sp³-hybridized carbons (Fsp3) is 0.176. The van der Waals surface area contributed by atoms with Gasteiger partial charge >= 0.3 is 0 Å². The summed E-state index contributed by atoms with van der Waals surface area (Å²) in [6.45, 7) is 0.251. The number of likely N-dealkylation sites (N-methyl/N-ethyl adjacent to an activating group) is 1. The van der Waals surface area contributed by atoms with E-state index in [2.05, 4.69) is 0 Å². The van der Waals surface area contributed by atoms with E-state index in [-0.39, 0.29) is 12.4 Å². The molecule has 0 aliphatic carbocycles. The van der Waals surface area contributed by atoms with Crippen LogP contribution in [0.3, 0.4) is 0 Å². The van der Waals surface area contributed by atoms with Crippen molar-refractivity contribution in [1.29, 1.82) is 0 Å². The van der Waals surface area contributed by atoms with Gasteiger partial charge in [0.25, 0.3) is 0 Å². The molecule has 1 heterocycles. The third kappa shape index (κ3) is 2.76. The van der Waals surface area contributed by atoms with Crippen molar-refractivity contribution in [3.8, 4) is 0 Å². The number of para-hydroxylation sites is 2. The Morgan fingerprint density at radius 1 is 1.14 bits per heavy atom. The highest BCUT2D eigenvalue weighted by Crippen LogP contribution is 2.26. The molecule has 1 atom stereocenters. The average molecular weight is 285 g/mol. The number of nitrogens with zero attached hydrogens (tertiary/aromatic N) is 1. The maximum atomic E-state index is 13.7. The van der Waals surface area contributed by atoms with E-state index < -0.39 is 6.10 Å². The summed E-state index contributed by atoms with van der Waals surface area (Å²) in [4.78, 5) is 1.67. The van der Waals surface area contributed by atoms with Gasteiger partial charge in [-0.1, -0.05) is 30.3 Å². The zero-order valence-electron chi connectivity index (χ0n) is 11.7. The topological polar surface area (TPSA) is 36.6 Å². The zero-order valence-corrected chi connectivity index (χ0v) is 11.7. The Morgan fingerprint density at radius 3 is 2.62 bits per heavy atom. The van der Waals surface area contributed by atoms with Crippen molar-refractivity contribution in [2.75, 3.05) is 18.5 Å². The fourth-order valence-corrected chi connectivity index (χ4v) is 2.38. The standard InChI is InChI=1S/C17H16FNO2/c1-19(14-8-4-3-7-13(14)18)11-15(20)17-10-12-6-2-5-9-16(12)21-17/h2-10,15,20H,11H2,1H3. The van der Waals surface area contributed by atoms with Gasteiger partial charge in [-0.15, -0.1) is 0 Å². The first-order valence-corrected chi connectivity index (χ1v) is 6.77. The molecule has 0 spiro atoms. The van der Waals surface area contributed by atoms with Gasteiger partial charge in [0.05, 0.1) is 12.2 Å². The number of benzene rings is 2. The molecule has 2 aromatic carbocycles. The zero-order chi connectivity index (χ0) is 14.8. The first kappa shape index (κ1) is 13.6. The van der Waals surface area contributed by atoms with Crippen LogP contribution < -0.4 is 4.90 Å². The Labute approximate surface area is 122 Å². The van der Waals surface area contributed by atoms with Crippen LogP contribution in [0, 0.1) is 5.82 Å². The highest BCUT2D eigenvalue weighted by molar-refractivity contribution is 5.77. The monoisotopic (exact) mass is 285 g/mol. The number of aliphatic hydroxyl groups excluding tert-OH is 1. The molecule has 0 bridgehead atoms. The molecule has 3 rings (SSSR count). The van der Waals surface area contributed by atoms with Crippen LogP contribution >= 0.6 is 0 Å². The minimum Gasteiger partial charge on any atom is -0.458 e. The van der Waals surface area contributed by atoms with Gasteiger partial charge in [0, 0.05) is 12.4 Å². The molecule has 0 aliphatic rings. The number of anilines is 1. The summed E-state index contributed by atoms with van der Waals surface area (Å²) in [5, 5.41) is 11.2. The summed E-state index contributed by atoms with van der Waals surface area (Å²) < 4.78 is 19.3. The van der Waals surface area contributed by atoms with Crippen LogP contribution in [0.5, 0.6) is 0 Å². The molecule has 0 fully saturated rings. The summed E-state index contributed by atoms with van der Waals surface area (Å²) in [6, 6.07) is 15.9. The second-order valence-electron chi connectivity index (χ2n) is 5.03. The van der Waals surface area contributed by atoms with Crippen LogP contribution in [-0.4, -0.2) is 18.7 Å². The molecule has 0 radical (unpaired) electrons. The average Bonchev–Trinajstić information content (AvgIpc) is 2.91. The van der Waals surface area contributed by atoms with Crippen LogP contribution in [0.4, 0.5) is 10.1 Å². The molecular formula is C17H16FNO2. The van der Waals surface area contributed by atoms with Crippen LogP contribution in [0.25, 0.3) is 11.0 Å². The largest absolute Gasteiger partial charge is 0.458 e. The normalized spacial score (nSPS) is 12.5. The summed E-state index contributed by atoms with van der Waals surface area (Å²) in [5.41, 5.74) is 1.19. The van der Waals surface area contributed by atoms with Crippen molar-refractivity contribution >= 4 is 16.7 Å². The summed E-state index contributed by atoms with van der Waals surface area (Å²) >= 11 is 0. The molecule has 21 heavy (non-hydrogen) atoms. The van der Waals surface area contributed by atoms with Crippen molar-refractivity contribution in [3.05, 3.63) is 66.2 Å². The molecule has 108 valence electrons. The Kier molecular flexibility index (Phi) is 3.62. The SMILES string of the molecule is CN(CC(O)c1cc2ccccc2o1)c1ccccc1F. The van der Waals surface area contributed by atoms with E-state index in [4.69, 9.17) is 4.42 Å². The Bertz CT molecular complexity index is 720. The molecule has 1 aromatic heterocycles. The molecule has 3 nitrogen and oxygen atoms in total. The first-order chi connectivity index (χ1) is 10.1. The van der Waals surface area contributed by atoms with E-state index >= 15 is 0 Å². The minimum absolute atomic E-state index is 0.251. The third-order valence-corrected chi connectivity index (χ3v) is 3.48. The molecule has 0 aliphatic heterocycles. The second kappa shape index (κ2) is 5.58. The van der Waals surface area contributed by atoms with Gasteiger partial charge < -0.3 is 14.4 Å². The molecular weight excluding hydrogens is 269 g/mol. The van der Waals surface area contributed by atoms with Crippen molar-refractivity contribution in [3.63, 3.8) is 0 Å². The number of furan rings is 1.